The van der Waals surface area contributed by atoms with Crippen molar-refractivity contribution >= 4 is 11.9 Å². The molecule has 1 heterocycles. The minimum Gasteiger partial charge on any atom is -0.465 e. The normalized spacial score (nSPS) is 9.87. The largest absolute Gasteiger partial charge is 0.465 e. The summed E-state index contributed by atoms with van der Waals surface area (Å²) >= 11 is 0. The Hall–Kier alpha value is -1.78. The highest BCUT2D eigenvalue weighted by Gasteiger charge is 2.27. The molecule has 0 saturated heterocycles. The molecule has 0 aliphatic rings. The zero-order valence-corrected chi connectivity index (χ0v) is 9.04. The fourth-order valence-electron chi connectivity index (χ4n) is 1.38. The van der Waals surface area contributed by atoms with Crippen LogP contribution in [0.3, 0.4) is 0 Å². The van der Waals surface area contributed by atoms with Gasteiger partial charge in [0.25, 0.3) is 0 Å². The van der Waals surface area contributed by atoms with Gasteiger partial charge in [0.15, 0.2) is 0 Å². The molecule has 5 heteroatoms. The molecule has 0 aliphatic carbocycles. The van der Waals surface area contributed by atoms with Crippen LogP contribution in [0.25, 0.3) is 0 Å². The van der Waals surface area contributed by atoms with Crippen LogP contribution < -0.4 is 0 Å². The van der Waals surface area contributed by atoms with E-state index in [1.54, 1.807) is 13.8 Å². The van der Waals surface area contributed by atoms with Gasteiger partial charge in [0, 0.05) is 0 Å². The smallest absolute Gasteiger partial charge is 0.342 e. The summed E-state index contributed by atoms with van der Waals surface area (Å²) in [5, 5.41) is 0. The van der Waals surface area contributed by atoms with Crippen molar-refractivity contribution in [2.45, 2.75) is 13.8 Å². The minimum atomic E-state index is -0.607. The van der Waals surface area contributed by atoms with Gasteiger partial charge >= 0.3 is 11.9 Å². The molecule has 0 atom stereocenters. The second-order valence-corrected chi connectivity index (χ2v) is 2.95. The Balaban J connectivity index is 3.35. The Bertz CT molecular complexity index is 366. The first-order chi connectivity index (χ1) is 7.02. The lowest BCUT2D eigenvalue weighted by atomic mass is 10.1. The van der Waals surface area contributed by atoms with E-state index in [0.717, 1.165) is 0 Å². The van der Waals surface area contributed by atoms with Crippen LogP contribution in [0.2, 0.25) is 0 Å². The maximum atomic E-state index is 11.4. The van der Waals surface area contributed by atoms with Gasteiger partial charge in [-0.15, -0.1) is 0 Å². The topological polar surface area (TPSA) is 65.7 Å². The van der Waals surface area contributed by atoms with Gasteiger partial charge < -0.3 is 13.9 Å². The molecule has 1 aromatic rings. The van der Waals surface area contributed by atoms with Gasteiger partial charge in [0.05, 0.1) is 14.2 Å². The molecule has 15 heavy (non-hydrogen) atoms. The van der Waals surface area contributed by atoms with Crippen LogP contribution in [0.5, 0.6) is 0 Å². The molecule has 0 radical (unpaired) electrons. The van der Waals surface area contributed by atoms with Crippen LogP contribution in [0.4, 0.5) is 0 Å². The number of carbonyl (C=O) groups excluding carboxylic acids is 2. The number of furan rings is 1. The van der Waals surface area contributed by atoms with Crippen molar-refractivity contribution in [3.05, 3.63) is 22.6 Å². The number of hydrogen-bond acceptors (Lipinski definition) is 5. The molecule has 0 bridgehead atoms. The highest BCUT2D eigenvalue weighted by molar-refractivity contribution is 6.04. The molecule has 0 spiro atoms. The number of esters is 2. The zero-order chi connectivity index (χ0) is 11.6. The van der Waals surface area contributed by atoms with E-state index in [-0.39, 0.29) is 11.1 Å². The summed E-state index contributed by atoms with van der Waals surface area (Å²) in [6.07, 6.45) is 0. The van der Waals surface area contributed by atoms with Gasteiger partial charge in [-0.25, -0.2) is 9.59 Å². The second-order valence-electron chi connectivity index (χ2n) is 2.95. The third kappa shape index (κ3) is 1.86. The Morgan fingerprint density at radius 2 is 1.27 bits per heavy atom. The predicted octanol–water partition coefficient (Wildman–Crippen LogP) is 1.47. The van der Waals surface area contributed by atoms with Crippen LogP contribution in [0, 0.1) is 13.8 Å². The first-order valence-electron chi connectivity index (χ1n) is 4.29. The van der Waals surface area contributed by atoms with Gasteiger partial charge in [0.2, 0.25) is 0 Å². The maximum absolute atomic E-state index is 11.4. The Morgan fingerprint density at radius 1 is 0.933 bits per heavy atom. The first-order valence-corrected chi connectivity index (χ1v) is 4.29. The molecule has 1 aromatic heterocycles. The summed E-state index contributed by atoms with van der Waals surface area (Å²) in [6.45, 7) is 3.18. The Morgan fingerprint density at radius 3 is 1.53 bits per heavy atom. The van der Waals surface area contributed by atoms with Gasteiger partial charge in [-0.2, -0.15) is 0 Å². The number of aryl methyl sites for hydroxylation is 2. The molecule has 0 unspecified atom stereocenters. The van der Waals surface area contributed by atoms with Crippen molar-refractivity contribution in [3.8, 4) is 0 Å². The SMILES string of the molecule is COC(=O)c1c(C)oc(C)c1C(=O)OC. The third-order valence-electron chi connectivity index (χ3n) is 2.04. The Kier molecular flexibility index (Phi) is 3.14. The summed E-state index contributed by atoms with van der Waals surface area (Å²) in [5.74, 6) is -0.519. The monoisotopic (exact) mass is 212 g/mol. The molecule has 0 N–H and O–H groups in total. The van der Waals surface area contributed by atoms with Crippen LogP contribution in [-0.2, 0) is 9.47 Å². The molecule has 0 aromatic carbocycles. The molecule has 0 fully saturated rings. The van der Waals surface area contributed by atoms with E-state index in [1.165, 1.54) is 14.2 Å². The summed E-state index contributed by atoms with van der Waals surface area (Å²) in [4.78, 5) is 22.8. The van der Waals surface area contributed by atoms with Crippen molar-refractivity contribution in [1.82, 2.24) is 0 Å². The van der Waals surface area contributed by atoms with Crippen molar-refractivity contribution in [2.24, 2.45) is 0 Å². The predicted molar refractivity (Wildman–Crippen MR) is 50.9 cm³/mol. The highest BCUT2D eigenvalue weighted by atomic mass is 16.5. The minimum absolute atomic E-state index is 0.127. The molecule has 1 rings (SSSR count). The maximum Gasteiger partial charge on any atom is 0.342 e. The van der Waals surface area contributed by atoms with Crippen LogP contribution in [0.1, 0.15) is 32.2 Å². The summed E-state index contributed by atoms with van der Waals surface area (Å²) < 4.78 is 14.3. The molecule has 0 saturated carbocycles. The van der Waals surface area contributed by atoms with E-state index in [4.69, 9.17) is 4.42 Å². The quantitative estimate of drug-likeness (QED) is 0.694. The number of ether oxygens (including phenoxy) is 2. The standard InChI is InChI=1S/C10H12O5/c1-5-7(9(11)13-3)8(6(2)15-5)10(12)14-4/h1-4H3. The average molecular weight is 212 g/mol. The highest BCUT2D eigenvalue weighted by Crippen LogP contribution is 2.23. The number of methoxy groups -OCH3 is 2. The first kappa shape index (κ1) is 11.3. The van der Waals surface area contributed by atoms with Gasteiger partial charge in [-0.1, -0.05) is 0 Å². The van der Waals surface area contributed by atoms with E-state index in [1.807, 2.05) is 0 Å². The lowest BCUT2D eigenvalue weighted by Gasteiger charge is -2.00. The molecular weight excluding hydrogens is 200 g/mol. The van der Waals surface area contributed by atoms with Crippen LogP contribution in [0.15, 0.2) is 4.42 Å². The van der Waals surface area contributed by atoms with Gasteiger partial charge in [-0.05, 0) is 13.8 Å². The van der Waals surface area contributed by atoms with Crippen LogP contribution in [-0.4, -0.2) is 26.2 Å². The second kappa shape index (κ2) is 4.16. The van der Waals surface area contributed by atoms with Crippen LogP contribution >= 0.6 is 0 Å². The average Bonchev–Trinajstić information content (AvgIpc) is 2.51. The van der Waals surface area contributed by atoms with E-state index in [2.05, 4.69) is 9.47 Å². The zero-order valence-electron chi connectivity index (χ0n) is 9.04. The number of carbonyl (C=O) groups is 2. The lowest BCUT2D eigenvalue weighted by molar-refractivity contribution is 0.0555. The fourth-order valence-corrected chi connectivity index (χ4v) is 1.38. The summed E-state index contributed by atoms with van der Waals surface area (Å²) in [5.41, 5.74) is 0.253. The molecule has 82 valence electrons. The summed E-state index contributed by atoms with van der Waals surface area (Å²) in [7, 11) is 2.48. The van der Waals surface area contributed by atoms with Gasteiger partial charge in [-0.3, -0.25) is 0 Å². The van der Waals surface area contributed by atoms with E-state index in [9.17, 15) is 9.59 Å². The molecule has 5 nitrogen and oxygen atoms in total. The van der Waals surface area contributed by atoms with Crippen molar-refractivity contribution in [1.29, 1.82) is 0 Å². The van der Waals surface area contributed by atoms with Gasteiger partial charge in [0.1, 0.15) is 22.6 Å². The lowest BCUT2D eigenvalue weighted by Crippen LogP contribution is -2.11. The molecule has 0 aliphatic heterocycles. The number of rotatable bonds is 2. The fraction of sp³-hybridized carbons (Fsp3) is 0.400. The van der Waals surface area contributed by atoms with Crippen molar-refractivity contribution in [3.63, 3.8) is 0 Å². The van der Waals surface area contributed by atoms with E-state index >= 15 is 0 Å². The summed E-state index contributed by atoms with van der Waals surface area (Å²) in [6, 6.07) is 0. The number of hydrogen-bond donors (Lipinski definition) is 0. The van der Waals surface area contributed by atoms with E-state index < -0.39 is 11.9 Å². The third-order valence-corrected chi connectivity index (χ3v) is 2.04. The Labute approximate surface area is 87.0 Å². The van der Waals surface area contributed by atoms with Crippen molar-refractivity contribution < 1.29 is 23.5 Å². The molecular formula is C10H12O5. The van der Waals surface area contributed by atoms with E-state index in [0.29, 0.717) is 11.5 Å². The molecule has 0 amide bonds. The van der Waals surface area contributed by atoms with Crippen molar-refractivity contribution in [2.75, 3.05) is 14.2 Å².